The summed E-state index contributed by atoms with van der Waals surface area (Å²) >= 11 is 1.39. The van der Waals surface area contributed by atoms with Gasteiger partial charge in [0.25, 0.3) is 5.91 Å². The fraction of sp³-hybridized carbons (Fsp3) is 0.389. The van der Waals surface area contributed by atoms with Crippen LogP contribution in [0.3, 0.4) is 0 Å². The maximum atomic E-state index is 12.6. The van der Waals surface area contributed by atoms with Crippen molar-refractivity contribution in [1.82, 2.24) is 4.31 Å². The van der Waals surface area contributed by atoms with Gasteiger partial charge in [-0.1, -0.05) is 20.8 Å². The van der Waals surface area contributed by atoms with Gasteiger partial charge in [-0.3, -0.25) is 4.79 Å². The van der Waals surface area contributed by atoms with E-state index in [-0.39, 0.29) is 22.2 Å². The molecule has 1 aromatic heterocycles. The predicted molar refractivity (Wildman–Crippen MR) is 105 cm³/mol. The second kappa shape index (κ2) is 8.20. The van der Waals surface area contributed by atoms with Crippen molar-refractivity contribution < 1.29 is 18.3 Å². The maximum absolute atomic E-state index is 12.6. The molecule has 0 saturated heterocycles. The number of hydrogen-bond donors (Lipinski definition) is 2. The van der Waals surface area contributed by atoms with Crippen molar-refractivity contribution in [2.24, 2.45) is 0 Å². The summed E-state index contributed by atoms with van der Waals surface area (Å²) in [6.07, 6.45) is 0.840. The number of aryl methyl sites for hydroxylation is 2. The lowest BCUT2D eigenvalue weighted by atomic mass is 10.2. The number of nitrogens with zero attached hydrogens (tertiary/aromatic N) is 1. The fourth-order valence-corrected chi connectivity index (χ4v) is 5.15. The van der Waals surface area contributed by atoms with Crippen LogP contribution >= 0.6 is 11.3 Å². The number of thiophene rings is 1. The Kier molecular flexibility index (Phi) is 6.44. The molecule has 1 amide bonds. The minimum atomic E-state index is -3.67. The molecule has 2 rings (SSSR count). The molecule has 1 heterocycles. The number of amides is 1. The van der Waals surface area contributed by atoms with E-state index in [2.05, 4.69) is 5.32 Å². The van der Waals surface area contributed by atoms with Crippen molar-refractivity contribution in [2.45, 2.75) is 39.0 Å². The van der Waals surface area contributed by atoms with Crippen LogP contribution in [0.2, 0.25) is 0 Å². The quantitative estimate of drug-likeness (QED) is 0.700. The average Bonchev–Trinajstić information content (AvgIpc) is 2.98. The largest absolute Gasteiger partial charge is 0.506 e. The summed E-state index contributed by atoms with van der Waals surface area (Å²) in [6, 6.07) is 5.71. The number of carbonyl (C=O) groups is 1. The number of rotatable bonds is 7. The van der Waals surface area contributed by atoms with E-state index in [0.29, 0.717) is 18.0 Å². The molecule has 2 aromatic rings. The number of benzene rings is 1. The molecule has 0 radical (unpaired) electrons. The molecule has 0 aliphatic rings. The maximum Gasteiger partial charge on any atom is 0.265 e. The molecule has 8 heteroatoms. The van der Waals surface area contributed by atoms with Gasteiger partial charge in [-0.05, 0) is 43.2 Å². The summed E-state index contributed by atoms with van der Waals surface area (Å²) in [4.78, 5) is 14.2. The summed E-state index contributed by atoms with van der Waals surface area (Å²) in [6.45, 7) is 8.17. The van der Waals surface area contributed by atoms with Gasteiger partial charge in [0, 0.05) is 18.0 Å². The first-order chi connectivity index (χ1) is 12.2. The fourth-order valence-electron chi connectivity index (χ4n) is 2.65. The SMILES string of the molecule is CCc1sc(C(=O)Nc2cc(S(=O)(=O)N(CC)CC)ccc2O)cc1C. The number of anilines is 1. The molecule has 0 bridgehead atoms. The van der Waals surface area contributed by atoms with E-state index in [9.17, 15) is 18.3 Å². The van der Waals surface area contributed by atoms with Crippen molar-refractivity contribution in [1.29, 1.82) is 0 Å². The number of aromatic hydroxyl groups is 1. The lowest BCUT2D eigenvalue weighted by molar-refractivity contribution is 0.103. The number of phenolic OH excluding ortho intramolecular Hbond substituents is 1. The Morgan fingerprint density at radius 2 is 1.85 bits per heavy atom. The predicted octanol–water partition coefficient (Wildman–Crippen LogP) is 3.61. The van der Waals surface area contributed by atoms with Crippen molar-refractivity contribution in [3.63, 3.8) is 0 Å². The van der Waals surface area contributed by atoms with Crippen molar-refractivity contribution in [3.05, 3.63) is 39.6 Å². The Balaban J connectivity index is 2.34. The van der Waals surface area contributed by atoms with Crippen LogP contribution in [0.4, 0.5) is 5.69 Å². The number of nitrogens with one attached hydrogen (secondary N) is 1. The lowest BCUT2D eigenvalue weighted by Crippen LogP contribution is -2.30. The van der Waals surface area contributed by atoms with Gasteiger partial charge in [0.15, 0.2) is 0 Å². The van der Waals surface area contributed by atoms with Crippen molar-refractivity contribution >= 4 is 33.0 Å². The molecular weight excluding hydrogens is 372 g/mol. The summed E-state index contributed by atoms with van der Waals surface area (Å²) in [5, 5.41) is 12.7. The Morgan fingerprint density at radius 3 is 2.38 bits per heavy atom. The zero-order chi connectivity index (χ0) is 19.5. The van der Waals surface area contributed by atoms with Gasteiger partial charge in [-0.25, -0.2) is 8.42 Å². The highest BCUT2D eigenvalue weighted by molar-refractivity contribution is 7.89. The summed E-state index contributed by atoms with van der Waals surface area (Å²) < 4.78 is 26.6. The second-order valence-corrected chi connectivity index (χ2v) is 8.87. The van der Waals surface area contributed by atoms with Crippen molar-refractivity contribution in [3.8, 4) is 5.75 Å². The van der Waals surface area contributed by atoms with Gasteiger partial charge < -0.3 is 10.4 Å². The third kappa shape index (κ3) is 4.08. The summed E-state index contributed by atoms with van der Waals surface area (Å²) in [7, 11) is -3.67. The molecule has 0 aliphatic heterocycles. The van der Waals surface area contributed by atoms with Crippen LogP contribution in [0, 0.1) is 6.92 Å². The van der Waals surface area contributed by atoms with Crippen LogP contribution < -0.4 is 5.32 Å². The van der Waals surface area contributed by atoms with Crippen LogP contribution in [-0.4, -0.2) is 36.8 Å². The van der Waals surface area contributed by atoms with Crippen LogP contribution in [0.5, 0.6) is 5.75 Å². The number of phenols is 1. The number of carbonyl (C=O) groups excluding carboxylic acids is 1. The first kappa shape index (κ1) is 20.4. The molecule has 1 aromatic carbocycles. The summed E-state index contributed by atoms with van der Waals surface area (Å²) in [5.74, 6) is -0.550. The van der Waals surface area contributed by atoms with E-state index in [1.165, 1.54) is 33.8 Å². The van der Waals surface area contributed by atoms with E-state index in [0.717, 1.165) is 16.9 Å². The average molecular weight is 397 g/mol. The normalized spacial score (nSPS) is 11.7. The van der Waals surface area contributed by atoms with E-state index >= 15 is 0 Å². The monoisotopic (exact) mass is 396 g/mol. The Labute approximate surface area is 158 Å². The molecule has 0 saturated carbocycles. The first-order valence-corrected chi connectivity index (χ1v) is 10.7. The first-order valence-electron chi connectivity index (χ1n) is 8.48. The molecule has 26 heavy (non-hydrogen) atoms. The molecular formula is C18H24N2O4S2. The minimum absolute atomic E-state index is 0.0332. The van der Waals surface area contributed by atoms with Gasteiger partial charge >= 0.3 is 0 Å². The third-order valence-corrected chi connectivity index (χ3v) is 7.55. The third-order valence-electron chi connectivity index (χ3n) is 4.12. The number of sulfonamides is 1. The van der Waals surface area contributed by atoms with Crippen LogP contribution in [0.15, 0.2) is 29.2 Å². The summed E-state index contributed by atoms with van der Waals surface area (Å²) in [5.41, 5.74) is 1.12. The highest BCUT2D eigenvalue weighted by Gasteiger charge is 2.23. The zero-order valence-electron chi connectivity index (χ0n) is 15.4. The van der Waals surface area contributed by atoms with E-state index in [1.54, 1.807) is 19.9 Å². The van der Waals surface area contributed by atoms with Gasteiger partial charge in [-0.2, -0.15) is 4.31 Å². The highest BCUT2D eigenvalue weighted by atomic mass is 32.2. The topological polar surface area (TPSA) is 86.7 Å². The van der Waals surface area contributed by atoms with Gasteiger partial charge in [-0.15, -0.1) is 11.3 Å². The van der Waals surface area contributed by atoms with E-state index < -0.39 is 10.0 Å². The van der Waals surface area contributed by atoms with E-state index in [4.69, 9.17) is 0 Å². The van der Waals surface area contributed by atoms with Crippen molar-refractivity contribution in [2.75, 3.05) is 18.4 Å². The molecule has 142 valence electrons. The van der Waals surface area contributed by atoms with Gasteiger partial charge in [0.1, 0.15) is 5.75 Å². The van der Waals surface area contributed by atoms with Crippen LogP contribution in [0.25, 0.3) is 0 Å². The second-order valence-electron chi connectivity index (χ2n) is 5.79. The molecule has 0 atom stereocenters. The lowest BCUT2D eigenvalue weighted by Gasteiger charge is -2.19. The number of hydrogen-bond acceptors (Lipinski definition) is 5. The molecule has 2 N–H and O–H groups in total. The zero-order valence-corrected chi connectivity index (χ0v) is 17.0. The Bertz CT molecular complexity index is 900. The van der Waals surface area contributed by atoms with Gasteiger partial charge in [0.2, 0.25) is 10.0 Å². The smallest absolute Gasteiger partial charge is 0.265 e. The van der Waals surface area contributed by atoms with Gasteiger partial charge in [0.05, 0.1) is 15.5 Å². The molecule has 6 nitrogen and oxygen atoms in total. The Hall–Kier alpha value is -1.90. The molecule has 0 unspecified atom stereocenters. The van der Waals surface area contributed by atoms with Crippen LogP contribution in [-0.2, 0) is 16.4 Å². The molecule has 0 spiro atoms. The molecule has 0 aliphatic carbocycles. The Morgan fingerprint density at radius 1 is 1.19 bits per heavy atom. The van der Waals surface area contributed by atoms with Crippen LogP contribution in [0.1, 0.15) is 40.9 Å². The standard InChI is InChI=1S/C18H24N2O4S2/c1-5-16-12(4)10-17(25-16)18(22)19-14-11-13(8-9-15(14)21)26(23,24)20(6-2)7-3/h8-11,21H,5-7H2,1-4H3,(H,19,22). The van der Waals surface area contributed by atoms with E-state index in [1.807, 2.05) is 13.8 Å². The molecule has 0 fully saturated rings. The highest BCUT2D eigenvalue weighted by Crippen LogP contribution is 2.30. The minimum Gasteiger partial charge on any atom is -0.506 e.